The number of thiophene rings is 1. The van der Waals surface area contributed by atoms with Gasteiger partial charge in [-0.25, -0.2) is 0 Å². The van der Waals surface area contributed by atoms with Crippen LogP contribution in [0.5, 0.6) is 5.75 Å². The fraction of sp³-hybridized carbons (Fsp3) is 0.0833. The number of rotatable bonds is 5. The van der Waals surface area contributed by atoms with Gasteiger partial charge in [-0.3, -0.25) is 0 Å². The largest absolute Gasteiger partial charge is 0.460 e. The molecular formula is C48H33NOS2. The van der Waals surface area contributed by atoms with Crippen LogP contribution in [0, 0.1) is 0 Å². The zero-order valence-corrected chi connectivity index (χ0v) is 29.9. The van der Waals surface area contributed by atoms with Gasteiger partial charge in [-0.1, -0.05) is 151 Å². The molecule has 0 saturated heterocycles. The number of hydrogen-bond donors (Lipinski definition) is 0. The average Bonchev–Trinajstić information content (AvgIpc) is 3.91. The van der Waals surface area contributed by atoms with Crippen molar-refractivity contribution in [2.75, 3.05) is 4.90 Å². The molecule has 52 heavy (non-hydrogen) atoms. The molecule has 3 unspecified atom stereocenters. The van der Waals surface area contributed by atoms with Gasteiger partial charge in [-0.15, -0.1) is 11.3 Å². The van der Waals surface area contributed by atoms with Crippen molar-refractivity contribution in [3.05, 3.63) is 197 Å². The van der Waals surface area contributed by atoms with E-state index >= 15 is 0 Å². The molecule has 0 fully saturated rings. The summed E-state index contributed by atoms with van der Waals surface area (Å²) in [6.45, 7) is 0. The highest BCUT2D eigenvalue weighted by Crippen LogP contribution is 2.55. The minimum atomic E-state index is 0.0973. The number of hydrogen-bond acceptors (Lipinski definition) is 4. The van der Waals surface area contributed by atoms with E-state index in [0.717, 1.165) is 17.9 Å². The maximum atomic E-state index is 6.52. The number of ether oxygens (including phenoxy) is 1. The van der Waals surface area contributed by atoms with Gasteiger partial charge >= 0.3 is 0 Å². The number of thioether (sulfide) groups is 1. The molecule has 0 N–H and O–H groups in total. The Morgan fingerprint density at radius 3 is 2.31 bits per heavy atom. The first-order valence-corrected chi connectivity index (χ1v) is 19.7. The highest BCUT2D eigenvalue weighted by Gasteiger charge is 2.39. The van der Waals surface area contributed by atoms with E-state index in [-0.39, 0.29) is 17.9 Å². The quantitative estimate of drug-likeness (QED) is 0.177. The third-order valence-electron chi connectivity index (χ3n) is 11.1. The van der Waals surface area contributed by atoms with Crippen LogP contribution >= 0.6 is 23.1 Å². The molecular weight excluding hydrogens is 671 g/mol. The smallest absolute Gasteiger partial charge is 0.130 e. The predicted octanol–water partition coefficient (Wildman–Crippen LogP) is 13.4. The molecule has 0 spiro atoms. The lowest BCUT2D eigenvalue weighted by atomic mass is 9.86. The summed E-state index contributed by atoms with van der Waals surface area (Å²) in [7, 11) is 0. The molecule has 3 atom stereocenters. The summed E-state index contributed by atoms with van der Waals surface area (Å²) < 4.78 is 9.17. The van der Waals surface area contributed by atoms with Crippen molar-refractivity contribution in [1.82, 2.24) is 0 Å². The van der Waals surface area contributed by atoms with Crippen LogP contribution in [-0.4, -0.2) is 6.04 Å². The zero-order valence-electron chi connectivity index (χ0n) is 28.3. The molecule has 0 saturated carbocycles. The standard InChI is InChI=1S/C48H33NOS2/c1-2-12-30(13-3-1)34-17-9-19-37-38-20-10-22-41(48(38)52-47(34)37)49(40-21-11-25-44-45(40)39-15-5-7-24-43(39)51-44)32-28-26-31(27-29-32)33-16-8-18-36-35-14-4-6-23-42(35)50-46(33)36/h1-17,19-29,36,40,45H,18H2. The average molecular weight is 704 g/mol. The van der Waals surface area contributed by atoms with E-state index in [1.807, 2.05) is 23.1 Å². The molecule has 4 heteroatoms. The van der Waals surface area contributed by atoms with Crippen LogP contribution < -0.4 is 9.64 Å². The van der Waals surface area contributed by atoms with Gasteiger partial charge in [0.05, 0.1) is 16.4 Å². The van der Waals surface area contributed by atoms with Crippen LogP contribution in [0.25, 0.3) is 36.9 Å². The van der Waals surface area contributed by atoms with E-state index in [4.69, 9.17) is 4.74 Å². The first-order chi connectivity index (χ1) is 25.8. The highest BCUT2D eigenvalue weighted by molar-refractivity contribution is 8.03. The van der Waals surface area contributed by atoms with E-state index in [2.05, 4.69) is 175 Å². The highest BCUT2D eigenvalue weighted by atomic mass is 32.2. The van der Waals surface area contributed by atoms with Crippen molar-refractivity contribution in [1.29, 1.82) is 0 Å². The van der Waals surface area contributed by atoms with Crippen LogP contribution in [-0.2, 0) is 0 Å². The summed E-state index contributed by atoms with van der Waals surface area (Å²) in [5, 5.41) is 2.61. The van der Waals surface area contributed by atoms with Gasteiger partial charge in [0.1, 0.15) is 11.5 Å². The van der Waals surface area contributed by atoms with Gasteiger partial charge in [0.2, 0.25) is 0 Å². The summed E-state index contributed by atoms with van der Waals surface area (Å²) in [6, 6.07) is 51.2. The lowest BCUT2D eigenvalue weighted by Gasteiger charge is -2.38. The number of fused-ring (bicyclic) bond motifs is 9. The SMILES string of the molecule is C1=CC(N(c2ccc(C3=C4Oc5ccccc5C4CC=C3)cc2)c2cccc3c2sc2c(-c4ccccc4)cccc23)C2C(=C1)Sc1ccccc12. The van der Waals surface area contributed by atoms with Crippen LogP contribution in [0.2, 0.25) is 0 Å². The van der Waals surface area contributed by atoms with Gasteiger partial charge in [0, 0.05) is 49.0 Å². The van der Waals surface area contributed by atoms with Crippen molar-refractivity contribution >= 4 is 60.2 Å². The molecule has 0 bridgehead atoms. The Bertz CT molecular complexity index is 2680. The minimum Gasteiger partial charge on any atom is -0.460 e. The van der Waals surface area contributed by atoms with Crippen LogP contribution in [0.1, 0.15) is 34.9 Å². The topological polar surface area (TPSA) is 12.5 Å². The van der Waals surface area contributed by atoms with Crippen molar-refractivity contribution < 1.29 is 4.74 Å². The molecule has 2 nitrogen and oxygen atoms in total. The monoisotopic (exact) mass is 703 g/mol. The second-order valence-electron chi connectivity index (χ2n) is 13.9. The molecule has 2 aliphatic carbocycles. The first-order valence-electron chi connectivity index (χ1n) is 18.0. The van der Waals surface area contributed by atoms with Crippen LogP contribution in [0.15, 0.2) is 185 Å². The van der Waals surface area contributed by atoms with Crippen LogP contribution in [0.3, 0.4) is 0 Å². The van der Waals surface area contributed by atoms with Crippen molar-refractivity contribution in [3.63, 3.8) is 0 Å². The second-order valence-corrected chi connectivity index (χ2v) is 16.0. The van der Waals surface area contributed by atoms with Gasteiger partial charge in [-0.05, 0) is 63.9 Å². The maximum absolute atomic E-state index is 6.52. The summed E-state index contributed by atoms with van der Waals surface area (Å²) >= 11 is 3.84. The third kappa shape index (κ3) is 4.64. The Morgan fingerprint density at radius 1 is 0.654 bits per heavy atom. The molecule has 11 rings (SSSR count). The summed E-state index contributed by atoms with van der Waals surface area (Å²) in [5.41, 5.74) is 10.0. The molecule has 2 aliphatic heterocycles. The molecule has 4 aliphatic rings. The lowest BCUT2D eigenvalue weighted by molar-refractivity contribution is 0.429. The van der Waals surface area contributed by atoms with E-state index in [0.29, 0.717) is 0 Å². The molecule has 0 amide bonds. The molecule has 1 aromatic heterocycles. The first kappa shape index (κ1) is 30.1. The van der Waals surface area contributed by atoms with E-state index in [1.165, 1.54) is 74.7 Å². The van der Waals surface area contributed by atoms with E-state index < -0.39 is 0 Å². The fourth-order valence-electron chi connectivity index (χ4n) is 8.70. The van der Waals surface area contributed by atoms with Crippen molar-refractivity contribution in [3.8, 4) is 16.9 Å². The van der Waals surface area contributed by atoms with Gasteiger partial charge < -0.3 is 9.64 Å². The number of nitrogens with zero attached hydrogens (tertiary/aromatic N) is 1. The van der Waals surface area contributed by atoms with Crippen LogP contribution in [0.4, 0.5) is 11.4 Å². The summed E-state index contributed by atoms with van der Waals surface area (Å²) in [5.74, 6) is 2.58. The van der Waals surface area contributed by atoms with Gasteiger partial charge in [0.15, 0.2) is 0 Å². The van der Waals surface area contributed by atoms with Gasteiger partial charge in [0.25, 0.3) is 0 Å². The number of para-hydroxylation sites is 1. The molecule has 248 valence electrons. The number of allylic oxidation sites excluding steroid dienone is 6. The third-order valence-corrected chi connectivity index (χ3v) is 13.5. The Kier molecular flexibility index (Phi) is 6.96. The molecule has 6 aromatic carbocycles. The Balaban J connectivity index is 1.08. The minimum absolute atomic E-state index is 0.0973. The van der Waals surface area contributed by atoms with Crippen molar-refractivity contribution in [2.24, 2.45) is 0 Å². The summed E-state index contributed by atoms with van der Waals surface area (Å²) in [6.07, 6.45) is 12.5. The van der Waals surface area contributed by atoms with E-state index in [9.17, 15) is 0 Å². The maximum Gasteiger partial charge on any atom is 0.130 e. The van der Waals surface area contributed by atoms with Crippen molar-refractivity contribution in [2.45, 2.75) is 29.2 Å². The van der Waals surface area contributed by atoms with E-state index in [1.54, 1.807) is 0 Å². The predicted molar refractivity (Wildman–Crippen MR) is 220 cm³/mol. The Morgan fingerprint density at radius 2 is 1.42 bits per heavy atom. The number of benzene rings is 6. The molecule has 3 heterocycles. The normalized spacial score (nSPS) is 19.6. The Hall–Kier alpha value is -5.55. The zero-order chi connectivity index (χ0) is 34.2. The Labute approximate surface area is 311 Å². The molecule has 7 aromatic rings. The number of anilines is 2. The summed E-state index contributed by atoms with van der Waals surface area (Å²) in [4.78, 5) is 5.38. The second kappa shape index (κ2) is 12.0. The molecule has 0 radical (unpaired) electrons. The van der Waals surface area contributed by atoms with Gasteiger partial charge in [-0.2, -0.15) is 0 Å². The fourth-order valence-corrected chi connectivity index (χ4v) is 11.3. The lowest BCUT2D eigenvalue weighted by Crippen LogP contribution is -2.35.